The van der Waals surface area contributed by atoms with E-state index in [1.807, 2.05) is 24.4 Å². The second-order valence-electron chi connectivity index (χ2n) is 8.75. The number of anilines is 1. The molecule has 5 aromatic rings. The number of hydrogen-bond donors (Lipinski definition) is 2. The van der Waals surface area contributed by atoms with Crippen LogP contribution < -0.4 is 10.2 Å². The Hall–Kier alpha value is -3.52. The Balaban J connectivity index is 1.10. The third-order valence-corrected chi connectivity index (χ3v) is 7.88. The third-order valence-electron chi connectivity index (χ3n) is 6.74. The monoisotopic (exact) mass is 473 g/mol. The highest BCUT2D eigenvalue weighted by molar-refractivity contribution is 7.26. The third kappa shape index (κ3) is 3.68. The first kappa shape index (κ1) is 21.0. The van der Waals surface area contributed by atoms with E-state index in [0.29, 0.717) is 17.4 Å². The first-order chi connectivity index (χ1) is 16.7. The molecule has 2 N–H and O–H groups in total. The fraction of sp³-hybridized carbons (Fsp3) is 0.269. The van der Waals surface area contributed by atoms with Crippen LogP contribution in [0.15, 0.2) is 55.0 Å². The van der Waals surface area contributed by atoms with Gasteiger partial charge in [-0.15, -0.1) is 11.3 Å². The first-order valence-electron chi connectivity index (χ1n) is 11.6. The van der Waals surface area contributed by atoms with Crippen LogP contribution in [-0.2, 0) is 11.2 Å². The number of nitrogens with one attached hydrogen (secondary N) is 2. The summed E-state index contributed by atoms with van der Waals surface area (Å²) in [5.74, 6) is 0.702. The lowest BCUT2D eigenvalue weighted by molar-refractivity contribution is -0.125. The Labute approximate surface area is 199 Å². The molecular formula is C26H24FN5OS. The van der Waals surface area contributed by atoms with Gasteiger partial charge >= 0.3 is 0 Å². The number of benzene rings is 2. The van der Waals surface area contributed by atoms with Crippen LogP contribution in [-0.4, -0.2) is 40.5 Å². The van der Waals surface area contributed by atoms with Gasteiger partial charge in [0.2, 0.25) is 5.91 Å². The maximum absolute atomic E-state index is 14.4. The Morgan fingerprint density at radius 3 is 2.88 bits per heavy atom. The van der Waals surface area contributed by atoms with Crippen LogP contribution in [0.3, 0.4) is 0 Å². The van der Waals surface area contributed by atoms with Gasteiger partial charge in [-0.2, -0.15) is 0 Å². The quantitative estimate of drug-likeness (QED) is 0.375. The molecular weight excluding hydrogens is 449 g/mol. The smallest absolute Gasteiger partial charge is 0.223 e. The summed E-state index contributed by atoms with van der Waals surface area (Å²) in [7, 11) is 0. The van der Waals surface area contributed by atoms with Crippen LogP contribution in [0.25, 0.3) is 31.2 Å². The van der Waals surface area contributed by atoms with E-state index in [1.54, 1.807) is 6.07 Å². The number of piperidine rings is 1. The summed E-state index contributed by atoms with van der Waals surface area (Å²) in [6.45, 7) is 2.10. The molecule has 0 unspecified atom stereocenters. The summed E-state index contributed by atoms with van der Waals surface area (Å²) in [6.07, 6.45) is 5.88. The molecule has 1 aliphatic rings. The molecule has 4 heterocycles. The summed E-state index contributed by atoms with van der Waals surface area (Å²) in [6, 6.07) is 13.3. The molecule has 0 radical (unpaired) electrons. The van der Waals surface area contributed by atoms with Gasteiger partial charge in [-0.3, -0.25) is 4.79 Å². The predicted octanol–water partition coefficient (Wildman–Crippen LogP) is 5.04. The molecule has 1 aliphatic heterocycles. The van der Waals surface area contributed by atoms with Crippen molar-refractivity contribution in [2.24, 2.45) is 5.92 Å². The Morgan fingerprint density at radius 1 is 1.15 bits per heavy atom. The number of carbonyl (C=O) groups is 1. The van der Waals surface area contributed by atoms with Gasteiger partial charge in [0.25, 0.3) is 0 Å². The van der Waals surface area contributed by atoms with Crippen LogP contribution in [0.4, 0.5) is 10.2 Å². The average molecular weight is 474 g/mol. The van der Waals surface area contributed by atoms with Crippen molar-refractivity contribution in [1.82, 2.24) is 20.3 Å². The molecule has 0 bridgehead atoms. The maximum atomic E-state index is 14.4. The number of rotatable bonds is 5. The molecule has 6 rings (SSSR count). The van der Waals surface area contributed by atoms with Gasteiger partial charge in [0.1, 0.15) is 18.0 Å². The molecule has 0 aliphatic carbocycles. The summed E-state index contributed by atoms with van der Waals surface area (Å²) >= 11 is 1.53. The van der Waals surface area contributed by atoms with Crippen LogP contribution in [0.5, 0.6) is 0 Å². The van der Waals surface area contributed by atoms with Crippen molar-refractivity contribution < 1.29 is 9.18 Å². The minimum absolute atomic E-state index is 0.00333. The lowest BCUT2D eigenvalue weighted by Gasteiger charge is -2.32. The number of thiophene rings is 1. The molecule has 1 amide bonds. The zero-order valence-corrected chi connectivity index (χ0v) is 19.4. The minimum Gasteiger partial charge on any atom is -0.361 e. The fourth-order valence-corrected chi connectivity index (χ4v) is 6.13. The molecule has 2 aromatic carbocycles. The lowest BCUT2D eigenvalue weighted by atomic mass is 9.95. The molecule has 1 saturated heterocycles. The van der Waals surface area contributed by atoms with Crippen LogP contribution in [0.1, 0.15) is 18.4 Å². The summed E-state index contributed by atoms with van der Waals surface area (Å²) < 4.78 is 16.2. The number of fused-ring (bicyclic) bond motifs is 4. The highest BCUT2D eigenvalue weighted by Crippen LogP contribution is 2.39. The number of amides is 1. The van der Waals surface area contributed by atoms with Crippen molar-refractivity contribution in [3.8, 4) is 0 Å². The molecule has 0 saturated carbocycles. The van der Waals surface area contributed by atoms with Crippen LogP contribution in [0.2, 0.25) is 0 Å². The van der Waals surface area contributed by atoms with Gasteiger partial charge in [-0.1, -0.05) is 24.3 Å². The number of nitrogens with zero attached hydrogens (tertiary/aromatic N) is 3. The number of aromatic nitrogens is 3. The zero-order chi connectivity index (χ0) is 23.1. The number of para-hydroxylation sites is 1. The second-order valence-corrected chi connectivity index (χ2v) is 9.80. The van der Waals surface area contributed by atoms with Gasteiger partial charge in [-0.05, 0) is 43.0 Å². The van der Waals surface area contributed by atoms with E-state index in [1.165, 1.54) is 34.7 Å². The van der Waals surface area contributed by atoms with Crippen LogP contribution in [0, 0.1) is 11.7 Å². The van der Waals surface area contributed by atoms with Crippen molar-refractivity contribution in [3.63, 3.8) is 0 Å². The molecule has 172 valence electrons. The van der Waals surface area contributed by atoms with Gasteiger partial charge in [0.05, 0.1) is 15.6 Å². The SMILES string of the molecule is O=C(NCCc1c[nH]c2ccccc12)C1CCN(c2ncnc3c2sc2cccc(F)c23)CC1. The Bertz CT molecular complexity index is 1500. The Kier molecular flexibility index (Phi) is 5.37. The van der Waals surface area contributed by atoms with Gasteiger partial charge in [-0.25, -0.2) is 14.4 Å². The summed E-state index contributed by atoms with van der Waals surface area (Å²) in [5, 5.41) is 4.90. The molecule has 0 atom stereocenters. The van der Waals surface area contributed by atoms with Crippen LogP contribution >= 0.6 is 11.3 Å². The van der Waals surface area contributed by atoms with E-state index in [2.05, 4.69) is 37.3 Å². The predicted molar refractivity (Wildman–Crippen MR) is 135 cm³/mol. The molecule has 34 heavy (non-hydrogen) atoms. The first-order valence-corrected chi connectivity index (χ1v) is 12.4. The standard InChI is InChI=1S/C26H24FN5OS/c27-19-5-3-7-21-22(19)23-24(34-21)25(31-15-30-23)32-12-9-16(10-13-32)26(33)28-11-8-17-14-29-20-6-2-1-4-18(17)20/h1-7,14-16,29H,8-13H2,(H,28,33). The molecule has 3 aromatic heterocycles. The zero-order valence-electron chi connectivity index (χ0n) is 18.6. The Morgan fingerprint density at radius 2 is 2.00 bits per heavy atom. The van der Waals surface area contributed by atoms with Gasteiger partial charge in [0.15, 0.2) is 0 Å². The van der Waals surface area contributed by atoms with Crippen molar-refractivity contribution in [3.05, 3.63) is 66.4 Å². The van der Waals surface area contributed by atoms with Crippen molar-refractivity contribution >= 4 is 54.3 Å². The number of halogens is 1. The topological polar surface area (TPSA) is 73.9 Å². The molecule has 0 spiro atoms. The summed E-state index contributed by atoms with van der Waals surface area (Å²) in [5.41, 5.74) is 3.01. The number of hydrogen-bond acceptors (Lipinski definition) is 5. The normalized spacial score (nSPS) is 14.9. The molecule has 6 nitrogen and oxygen atoms in total. The van der Waals surface area contributed by atoms with Gasteiger partial charge < -0.3 is 15.2 Å². The van der Waals surface area contributed by atoms with E-state index in [4.69, 9.17) is 0 Å². The van der Waals surface area contributed by atoms with Crippen molar-refractivity contribution in [2.75, 3.05) is 24.5 Å². The van der Waals surface area contributed by atoms with E-state index in [0.717, 1.165) is 53.1 Å². The van der Waals surface area contributed by atoms with E-state index in [-0.39, 0.29) is 17.6 Å². The minimum atomic E-state index is -0.253. The number of carbonyl (C=O) groups excluding carboxylic acids is 1. The highest BCUT2D eigenvalue weighted by Gasteiger charge is 2.27. The maximum Gasteiger partial charge on any atom is 0.223 e. The van der Waals surface area contributed by atoms with Crippen molar-refractivity contribution in [2.45, 2.75) is 19.3 Å². The second kappa shape index (κ2) is 8.68. The van der Waals surface area contributed by atoms with Crippen molar-refractivity contribution in [1.29, 1.82) is 0 Å². The number of H-pyrrole nitrogens is 1. The summed E-state index contributed by atoms with van der Waals surface area (Å²) in [4.78, 5) is 27.2. The highest BCUT2D eigenvalue weighted by atomic mass is 32.1. The molecule has 8 heteroatoms. The van der Waals surface area contributed by atoms with E-state index in [9.17, 15) is 9.18 Å². The molecule has 1 fully saturated rings. The largest absolute Gasteiger partial charge is 0.361 e. The number of aromatic amines is 1. The van der Waals surface area contributed by atoms with E-state index >= 15 is 0 Å². The van der Waals surface area contributed by atoms with E-state index < -0.39 is 0 Å². The fourth-order valence-electron chi connectivity index (χ4n) is 4.95. The average Bonchev–Trinajstić information content (AvgIpc) is 3.46. The lowest BCUT2D eigenvalue weighted by Crippen LogP contribution is -2.41. The van der Waals surface area contributed by atoms with Gasteiger partial charge in [0, 0.05) is 47.4 Å².